The average molecular weight is 184 g/mol. The number of hydrogen-bond acceptors (Lipinski definition) is 3. The Morgan fingerprint density at radius 1 is 1.62 bits per heavy atom. The van der Waals surface area contributed by atoms with Gasteiger partial charge in [0.25, 0.3) is 0 Å². The van der Waals surface area contributed by atoms with Gasteiger partial charge in [0.1, 0.15) is 0 Å². The van der Waals surface area contributed by atoms with Crippen molar-refractivity contribution < 1.29 is 9.53 Å². The van der Waals surface area contributed by atoms with Gasteiger partial charge >= 0.3 is 0 Å². The van der Waals surface area contributed by atoms with Crippen LogP contribution in [0.25, 0.3) is 0 Å². The molecule has 1 heterocycles. The van der Waals surface area contributed by atoms with E-state index in [2.05, 4.69) is 0 Å². The van der Waals surface area contributed by atoms with Crippen LogP contribution < -0.4 is 5.73 Å². The summed E-state index contributed by atoms with van der Waals surface area (Å²) in [6.45, 7) is 1.52. The first-order chi connectivity index (χ1) is 6.15. The van der Waals surface area contributed by atoms with Gasteiger partial charge in [-0.25, -0.2) is 0 Å². The third-order valence-electron chi connectivity index (χ3n) is 2.98. The van der Waals surface area contributed by atoms with Crippen LogP contribution in [-0.2, 0) is 9.53 Å². The molecule has 4 heteroatoms. The molecule has 0 radical (unpaired) electrons. The summed E-state index contributed by atoms with van der Waals surface area (Å²) < 4.78 is 5.19. The molecule has 1 atom stereocenters. The highest BCUT2D eigenvalue weighted by Gasteiger charge is 2.49. The number of hydrogen-bond donors (Lipinski definition) is 1. The Morgan fingerprint density at radius 2 is 2.31 bits per heavy atom. The summed E-state index contributed by atoms with van der Waals surface area (Å²) in [6.07, 6.45) is 2.85. The molecule has 1 saturated heterocycles. The van der Waals surface area contributed by atoms with E-state index in [-0.39, 0.29) is 12.0 Å². The second kappa shape index (κ2) is 2.96. The van der Waals surface area contributed by atoms with Crippen molar-refractivity contribution in [2.45, 2.75) is 30.9 Å². The van der Waals surface area contributed by atoms with Crippen molar-refractivity contribution in [3.8, 4) is 0 Å². The van der Waals surface area contributed by atoms with Crippen LogP contribution in [0.15, 0.2) is 0 Å². The van der Waals surface area contributed by atoms with Gasteiger partial charge in [-0.2, -0.15) is 0 Å². The van der Waals surface area contributed by atoms with E-state index in [1.54, 1.807) is 7.11 Å². The molecule has 0 unspecified atom stereocenters. The van der Waals surface area contributed by atoms with Crippen molar-refractivity contribution in [1.82, 2.24) is 4.90 Å². The van der Waals surface area contributed by atoms with Crippen molar-refractivity contribution in [1.29, 1.82) is 0 Å². The molecule has 0 aromatic carbocycles. The first kappa shape index (κ1) is 8.97. The fourth-order valence-corrected chi connectivity index (χ4v) is 1.77. The van der Waals surface area contributed by atoms with E-state index in [0.29, 0.717) is 6.54 Å². The van der Waals surface area contributed by atoms with Crippen molar-refractivity contribution in [3.63, 3.8) is 0 Å². The smallest absolute Gasteiger partial charge is 0.242 e. The van der Waals surface area contributed by atoms with E-state index >= 15 is 0 Å². The van der Waals surface area contributed by atoms with Gasteiger partial charge in [0.15, 0.2) is 0 Å². The summed E-state index contributed by atoms with van der Waals surface area (Å²) in [5.74, 6) is 0.118. The molecule has 2 rings (SSSR count). The van der Waals surface area contributed by atoms with Gasteiger partial charge < -0.3 is 15.4 Å². The Balaban J connectivity index is 1.92. The van der Waals surface area contributed by atoms with E-state index in [1.807, 2.05) is 4.90 Å². The fraction of sp³-hybridized carbons (Fsp3) is 0.889. The van der Waals surface area contributed by atoms with Crippen LogP contribution in [0.5, 0.6) is 0 Å². The maximum Gasteiger partial charge on any atom is 0.242 e. The summed E-state index contributed by atoms with van der Waals surface area (Å²) in [7, 11) is 1.69. The van der Waals surface area contributed by atoms with Crippen LogP contribution in [0.4, 0.5) is 0 Å². The lowest BCUT2D eigenvalue weighted by Gasteiger charge is -2.19. The highest BCUT2D eigenvalue weighted by Crippen LogP contribution is 2.35. The minimum Gasteiger partial charge on any atom is -0.380 e. The molecular weight excluding hydrogens is 168 g/mol. The summed E-state index contributed by atoms with van der Waals surface area (Å²) in [6, 6.07) is 0. The molecule has 1 aliphatic heterocycles. The van der Waals surface area contributed by atoms with E-state index < -0.39 is 5.54 Å². The number of amides is 1. The number of carbonyl (C=O) groups is 1. The quantitative estimate of drug-likeness (QED) is 0.642. The highest BCUT2D eigenvalue weighted by atomic mass is 16.5. The normalized spacial score (nSPS) is 30.6. The van der Waals surface area contributed by atoms with Crippen LogP contribution in [0.3, 0.4) is 0 Å². The maximum atomic E-state index is 11.7. The lowest BCUT2D eigenvalue weighted by atomic mass is 10.2. The minimum absolute atomic E-state index is 0.118. The number of likely N-dealkylation sites (tertiary alicyclic amines) is 1. The summed E-state index contributed by atoms with van der Waals surface area (Å²) in [5, 5.41) is 0. The van der Waals surface area contributed by atoms with Crippen LogP contribution in [-0.4, -0.2) is 42.6 Å². The molecule has 4 nitrogen and oxygen atoms in total. The zero-order valence-electron chi connectivity index (χ0n) is 7.95. The van der Waals surface area contributed by atoms with E-state index in [0.717, 1.165) is 25.8 Å². The number of nitrogens with zero attached hydrogens (tertiary/aromatic N) is 1. The molecule has 0 aromatic heterocycles. The maximum absolute atomic E-state index is 11.7. The summed E-state index contributed by atoms with van der Waals surface area (Å²) in [4.78, 5) is 13.6. The van der Waals surface area contributed by atoms with Gasteiger partial charge in [-0.3, -0.25) is 4.79 Å². The molecule has 74 valence electrons. The minimum atomic E-state index is -0.511. The SMILES string of the molecule is CO[C@@H]1CCN(C(=O)C2(N)CC2)C1. The molecule has 0 bridgehead atoms. The van der Waals surface area contributed by atoms with E-state index in [4.69, 9.17) is 10.5 Å². The van der Waals surface area contributed by atoms with Crippen molar-refractivity contribution in [2.75, 3.05) is 20.2 Å². The van der Waals surface area contributed by atoms with Crippen molar-refractivity contribution in [2.24, 2.45) is 5.73 Å². The molecule has 1 saturated carbocycles. The van der Waals surface area contributed by atoms with Gasteiger partial charge in [0, 0.05) is 20.2 Å². The zero-order valence-corrected chi connectivity index (χ0v) is 7.95. The average Bonchev–Trinajstić information content (AvgIpc) is 2.71. The summed E-state index contributed by atoms with van der Waals surface area (Å²) >= 11 is 0. The molecule has 0 aromatic rings. The lowest BCUT2D eigenvalue weighted by molar-refractivity contribution is -0.132. The second-order valence-electron chi connectivity index (χ2n) is 4.05. The molecule has 13 heavy (non-hydrogen) atoms. The van der Waals surface area contributed by atoms with Gasteiger partial charge in [-0.15, -0.1) is 0 Å². The standard InChI is InChI=1S/C9H16N2O2/c1-13-7-2-5-11(6-7)8(12)9(10)3-4-9/h7H,2-6,10H2,1H3/t7-/m1/s1. The largest absolute Gasteiger partial charge is 0.380 e. The topological polar surface area (TPSA) is 55.6 Å². The van der Waals surface area contributed by atoms with Crippen LogP contribution in [0.2, 0.25) is 0 Å². The fourth-order valence-electron chi connectivity index (χ4n) is 1.77. The Labute approximate surface area is 78.0 Å². The zero-order chi connectivity index (χ0) is 9.47. The molecular formula is C9H16N2O2. The monoisotopic (exact) mass is 184 g/mol. The number of carbonyl (C=O) groups excluding carboxylic acids is 1. The predicted octanol–water partition coefficient (Wildman–Crippen LogP) is -0.275. The van der Waals surface area contributed by atoms with Crippen molar-refractivity contribution >= 4 is 5.91 Å². The highest BCUT2D eigenvalue weighted by molar-refractivity contribution is 5.89. The van der Waals surface area contributed by atoms with Gasteiger partial charge in [0.2, 0.25) is 5.91 Å². The summed E-state index contributed by atoms with van der Waals surface area (Å²) in [5.41, 5.74) is 5.31. The van der Waals surface area contributed by atoms with Crippen molar-refractivity contribution in [3.05, 3.63) is 0 Å². The van der Waals surface area contributed by atoms with Crippen LogP contribution in [0.1, 0.15) is 19.3 Å². The number of rotatable bonds is 2. The number of methoxy groups -OCH3 is 1. The van der Waals surface area contributed by atoms with E-state index in [1.165, 1.54) is 0 Å². The molecule has 1 aliphatic carbocycles. The predicted molar refractivity (Wildman–Crippen MR) is 48.1 cm³/mol. The second-order valence-corrected chi connectivity index (χ2v) is 4.05. The van der Waals surface area contributed by atoms with Crippen LogP contribution in [0, 0.1) is 0 Å². The molecule has 2 aliphatic rings. The molecule has 0 spiro atoms. The number of nitrogens with two attached hydrogens (primary N) is 1. The van der Waals surface area contributed by atoms with Gasteiger partial charge in [0.05, 0.1) is 11.6 Å². The Kier molecular flexibility index (Phi) is 2.04. The Morgan fingerprint density at radius 3 is 2.77 bits per heavy atom. The first-order valence-electron chi connectivity index (χ1n) is 4.77. The van der Waals surface area contributed by atoms with Gasteiger partial charge in [-0.1, -0.05) is 0 Å². The first-order valence-corrected chi connectivity index (χ1v) is 4.77. The van der Waals surface area contributed by atoms with Gasteiger partial charge in [-0.05, 0) is 19.3 Å². The number of ether oxygens (including phenoxy) is 1. The Hall–Kier alpha value is -0.610. The molecule has 2 fully saturated rings. The Bertz CT molecular complexity index is 226. The lowest BCUT2D eigenvalue weighted by Crippen LogP contribution is -2.44. The van der Waals surface area contributed by atoms with E-state index in [9.17, 15) is 4.79 Å². The molecule has 2 N–H and O–H groups in total. The third kappa shape index (κ3) is 1.56. The third-order valence-corrected chi connectivity index (χ3v) is 2.98. The molecule has 1 amide bonds. The van der Waals surface area contributed by atoms with Crippen LogP contribution >= 0.6 is 0 Å².